The summed E-state index contributed by atoms with van der Waals surface area (Å²) in [6.07, 6.45) is 0.688. The predicted octanol–water partition coefficient (Wildman–Crippen LogP) is 3.04. The molecule has 18 heavy (non-hydrogen) atoms. The van der Waals surface area contributed by atoms with Crippen molar-refractivity contribution in [2.75, 3.05) is 32.7 Å². The summed E-state index contributed by atoms with van der Waals surface area (Å²) in [6.45, 7) is 6.79. The zero-order valence-electron chi connectivity index (χ0n) is 11.4. The molecule has 0 aromatic carbocycles. The van der Waals surface area contributed by atoms with Gasteiger partial charge in [-0.2, -0.15) is 13.2 Å². The van der Waals surface area contributed by atoms with Gasteiger partial charge < -0.3 is 10.2 Å². The summed E-state index contributed by atoms with van der Waals surface area (Å²) in [6, 6.07) is 0. The maximum absolute atomic E-state index is 11.9. The summed E-state index contributed by atoms with van der Waals surface area (Å²) in [5.41, 5.74) is 0.482. The molecule has 0 atom stereocenters. The number of nitrogens with one attached hydrogen (secondary N) is 1. The summed E-state index contributed by atoms with van der Waals surface area (Å²) < 4.78 is 35.8. The van der Waals surface area contributed by atoms with Gasteiger partial charge in [-0.3, -0.25) is 0 Å². The van der Waals surface area contributed by atoms with Crippen molar-refractivity contribution in [3.8, 4) is 0 Å². The van der Waals surface area contributed by atoms with Crippen LogP contribution in [-0.2, 0) is 0 Å². The van der Waals surface area contributed by atoms with Gasteiger partial charge in [0.05, 0.1) is 6.54 Å². The first kappa shape index (κ1) is 15.8. The number of nitrogens with zero attached hydrogens (tertiary/aromatic N) is 1. The van der Waals surface area contributed by atoms with Gasteiger partial charge in [0.2, 0.25) is 0 Å². The van der Waals surface area contributed by atoms with E-state index < -0.39 is 12.7 Å². The fraction of sp³-hybridized carbons (Fsp3) is 1.00. The van der Waals surface area contributed by atoms with Crippen molar-refractivity contribution in [3.05, 3.63) is 0 Å². The second-order valence-corrected chi connectivity index (χ2v) is 5.34. The van der Waals surface area contributed by atoms with E-state index in [0.29, 0.717) is 12.0 Å². The molecule has 1 rings (SSSR count). The molecule has 0 amide bonds. The van der Waals surface area contributed by atoms with Gasteiger partial charge in [0.1, 0.15) is 0 Å². The molecule has 0 saturated carbocycles. The van der Waals surface area contributed by atoms with E-state index in [9.17, 15) is 13.2 Å². The minimum atomic E-state index is -4.10. The third kappa shape index (κ3) is 5.14. The quantitative estimate of drug-likeness (QED) is 0.743. The molecule has 0 bridgehead atoms. The Kier molecular flexibility index (Phi) is 5.92. The van der Waals surface area contributed by atoms with Crippen LogP contribution in [0, 0.1) is 5.41 Å². The maximum Gasteiger partial charge on any atom is 0.401 e. The van der Waals surface area contributed by atoms with E-state index in [2.05, 4.69) is 24.1 Å². The number of likely N-dealkylation sites (tertiary alicyclic amines) is 1. The number of piperidine rings is 1. The molecule has 1 saturated heterocycles. The fourth-order valence-corrected chi connectivity index (χ4v) is 2.68. The van der Waals surface area contributed by atoms with Crippen LogP contribution in [0.5, 0.6) is 0 Å². The smallest absolute Gasteiger partial charge is 0.307 e. The molecule has 0 radical (unpaired) electrons. The predicted molar refractivity (Wildman–Crippen MR) is 67.6 cm³/mol. The number of hydrogen-bond acceptors (Lipinski definition) is 2. The first-order valence-corrected chi connectivity index (χ1v) is 6.90. The Morgan fingerprint density at radius 3 is 2.11 bits per heavy atom. The fourth-order valence-electron chi connectivity index (χ4n) is 2.68. The van der Waals surface area contributed by atoms with Crippen molar-refractivity contribution in [1.82, 2.24) is 10.2 Å². The lowest BCUT2D eigenvalue weighted by Crippen LogP contribution is -2.43. The van der Waals surface area contributed by atoms with Crippen molar-refractivity contribution in [2.24, 2.45) is 5.41 Å². The minimum Gasteiger partial charge on any atom is -0.307 e. The standard InChI is InChI=1S/C13H25F3N2/c1-3-12(4-2)5-8-18(9-6-12)10-7-17-11-13(14,15)16/h17H,3-11H2,1-2H3. The van der Waals surface area contributed by atoms with Crippen molar-refractivity contribution in [1.29, 1.82) is 0 Å². The van der Waals surface area contributed by atoms with Crippen molar-refractivity contribution < 1.29 is 13.2 Å². The second-order valence-electron chi connectivity index (χ2n) is 5.34. The molecule has 1 aliphatic rings. The number of halogens is 3. The van der Waals surface area contributed by atoms with Crippen LogP contribution in [0.3, 0.4) is 0 Å². The van der Waals surface area contributed by atoms with Crippen LogP contribution in [0.4, 0.5) is 13.2 Å². The molecule has 0 spiro atoms. The molecule has 1 N–H and O–H groups in total. The normalized spacial score (nSPS) is 21.2. The molecule has 1 heterocycles. The van der Waals surface area contributed by atoms with Crippen LogP contribution >= 0.6 is 0 Å². The summed E-state index contributed by atoms with van der Waals surface area (Å²) in [7, 11) is 0. The van der Waals surface area contributed by atoms with E-state index in [0.717, 1.165) is 19.6 Å². The Labute approximate surface area is 108 Å². The van der Waals surface area contributed by atoms with Gasteiger partial charge in [0.15, 0.2) is 0 Å². The minimum absolute atomic E-state index is 0.421. The molecule has 1 aliphatic heterocycles. The number of alkyl halides is 3. The van der Waals surface area contributed by atoms with Gasteiger partial charge in [-0.1, -0.05) is 26.7 Å². The molecule has 0 aromatic rings. The monoisotopic (exact) mass is 266 g/mol. The zero-order chi connectivity index (χ0) is 13.6. The highest BCUT2D eigenvalue weighted by Crippen LogP contribution is 2.37. The highest BCUT2D eigenvalue weighted by Gasteiger charge is 2.31. The van der Waals surface area contributed by atoms with Crippen LogP contribution in [0.1, 0.15) is 39.5 Å². The average molecular weight is 266 g/mol. The van der Waals surface area contributed by atoms with Crippen molar-refractivity contribution in [2.45, 2.75) is 45.7 Å². The molecular weight excluding hydrogens is 241 g/mol. The Morgan fingerprint density at radius 1 is 1.11 bits per heavy atom. The molecule has 5 heteroatoms. The Bertz CT molecular complexity index is 227. The summed E-state index contributed by atoms with van der Waals surface area (Å²) in [5.74, 6) is 0. The van der Waals surface area contributed by atoms with Crippen molar-refractivity contribution >= 4 is 0 Å². The molecule has 1 fully saturated rings. The molecule has 0 unspecified atom stereocenters. The zero-order valence-corrected chi connectivity index (χ0v) is 11.4. The van der Waals surface area contributed by atoms with Gasteiger partial charge in [-0.15, -0.1) is 0 Å². The lowest BCUT2D eigenvalue weighted by Gasteiger charge is -2.41. The lowest BCUT2D eigenvalue weighted by molar-refractivity contribution is -0.124. The Hall–Kier alpha value is -0.290. The maximum atomic E-state index is 11.9. The van der Waals surface area contributed by atoms with Crippen LogP contribution in [0.25, 0.3) is 0 Å². The van der Waals surface area contributed by atoms with E-state index in [-0.39, 0.29) is 0 Å². The van der Waals surface area contributed by atoms with E-state index in [1.807, 2.05) is 0 Å². The SMILES string of the molecule is CCC1(CC)CCN(CCNCC(F)(F)F)CC1. The summed E-state index contributed by atoms with van der Waals surface area (Å²) in [5, 5.41) is 2.45. The Morgan fingerprint density at radius 2 is 1.67 bits per heavy atom. The van der Waals surface area contributed by atoms with E-state index in [1.54, 1.807) is 0 Å². The number of rotatable bonds is 6. The van der Waals surface area contributed by atoms with Gasteiger partial charge in [0, 0.05) is 13.1 Å². The van der Waals surface area contributed by atoms with Crippen LogP contribution < -0.4 is 5.32 Å². The molecule has 0 aliphatic carbocycles. The summed E-state index contributed by atoms with van der Waals surface area (Å²) >= 11 is 0. The summed E-state index contributed by atoms with van der Waals surface area (Å²) in [4.78, 5) is 2.27. The van der Waals surface area contributed by atoms with Crippen LogP contribution in [0.15, 0.2) is 0 Å². The topological polar surface area (TPSA) is 15.3 Å². The van der Waals surface area contributed by atoms with E-state index in [1.165, 1.54) is 25.7 Å². The second kappa shape index (κ2) is 6.75. The van der Waals surface area contributed by atoms with Crippen LogP contribution in [0.2, 0.25) is 0 Å². The van der Waals surface area contributed by atoms with Gasteiger partial charge >= 0.3 is 6.18 Å². The van der Waals surface area contributed by atoms with Gasteiger partial charge in [0.25, 0.3) is 0 Å². The lowest BCUT2D eigenvalue weighted by atomic mass is 9.74. The van der Waals surface area contributed by atoms with E-state index in [4.69, 9.17) is 0 Å². The first-order valence-electron chi connectivity index (χ1n) is 6.90. The highest BCUT2D eigenvalue weighted by atomic mass is 19.4. The van der Waals surface area contributed by atoms with Gasteiger partial charge in [-0.25, -0.2) is 0 Å². The molecule has 2 nitrogen and oxygen atoms in total. The third-order valence-electron chi connectivity index (χ3n) is 4.35. The highest BCUT2D eigenvalue weighted by molar-refractivity contribution is 4.84. The van der Waals surface area contributed by atoms with Gasteiger partial charge in [-0.05, 0) is 31.3 Å². The molecule has 108 valence electrons. The first-order chi connectivity index (χ1) is 8.41. The third-order valence-corrected chi connectivity index (χ3v) is 4.35. The largest absolute Gasteiger partial charge is 0.401 e. The average Bonchev–Trinajstić information content (AvgIpc) is 2.34. The van der Waals surface area contributed by atoms with E-state index >= 15 is 0 Å². The Balaban J connectivity index is 2.16. The van der Waals surface area contributed by atoms with Crippen LogP contribution in [-0.4, -0.2) is 43.8 Å². The van der Waals surface area contributed by atoms with Crippen molar-refractivity contribution in [3.63, 3.8) is 0 Å². The molecular formula is C13H25F3N2. The molecule has 0 aromatic heterocycles. The number of hydrogen-bond donors (Lipinski definition) is 1.